The van der Waals surface area contributed by atoms with E-state index in [0.717, 1.165) is 18.2 Å². The number of hydrogen-bond donors (Lipinski definition) is 3. The fourth-order valence-electron chi connectivity index (χ4n) is 0. The van der Waals surface area contributed by atoms with Crippen molar-refractivity contribution in [2.45, 2.75) is 0 Å². The molecule has 0 heterocycles. The molecule has 3 N–H and O–H groups in total. The second-order valence-corrected chi connectivity index (χ2v) is 1.63. The molecule has 0 saturated heterocycles. The molecule has 0 aliphatic heterocycles. The number of carboxylic acid groups (broad SMARTS) is 3. The van der Waals surface area contributed by atoms with Gasteiger partial charge in [0.2, 0.25) is 0 Å². The first-order chi connectivity index (χ1) is 6.81. The van der Waals surface area contributed by atoms with E-state index in [-0.39, 0.29) is 41.7 Å². The third-order valence-corrected chi connectivity index (χ3v) is 0.524. The average molecular weight is 356 g/mol. The average Bonchev–Trinajstić information content (AvgIpc) is 2.19. The summed E-state index contributed by atoms with van der Waals surface area (Å²) < 4.78 is 0. The Labute approximate surface area is 126 Å². The molecule has 0 aromatic heterocycles. The van der Waals surface area contributed by atoms with Crippen LogP contribution in [0.5, 0.6) is 0 Å². The van der Waals surface area contributed by atoms with Gasteiger partial charge in [0.1, 0.15) is 0 Å². The number of rotatable bonds is 3. The third kappa shape index (κ3) is 74.8. The van der Waals surface area contributed by atoms with E-state index < -0.39 is 17.9 Å². The van der Waals surface area contributed by atoms with Gasteiger partial charge in [0.15, 0.2) is 0 Å². The molecule has 0 rings (SSSR count). The van der Waals surface area contributed by atoms with E-state index in [9.17, 15) is 14.4 Å². The standard InChI is InChI=1S/3C3H4O2.Ce/c3*1-2-3(4)5;/h3*2H,1H2,(H,4,5);. The van der Waals surface area contributed by atoms with Gasteiger partial charge < -0.3 is 15.3 Å². The molecule has 0 aliphatic carbocycles. The van der Waals surface area contributed by atoms with E-state index in [1.165, 1.54) is 0 Å². The first-order valence-corrected chi connectivity index (χ1v) is 3.37. The second-order valence-electron chi connectivity index (χ2n) is 1.63. The van der Waals surface area contributed by atoms with Crippen molar-refractivity contribution in [3.05, 3.63) is 38.0 Å². The number of hydrogen-bond acceptors (Lipinski definition) is 3. The summed E-state index contributed by atoms with van der Waals surface area (Å²) in [6.45, 7) is 8.88. The van der Waals surface area contributed by atoms with E-state index >= 15 is 0 Å². The fraction of sp³-hybridized carbons (Fsp3) is 0. The first-order valence-electron chi connectivity index (χ1n) is 3.37. The van der Waals surface area contributed by atoms with Gasteiger partial charge in [-0.3, -0.25) is 0 Å². The Morgan fingerprint density at radius 1 is 0.688 bits per heavy atom. The van der Waals surface area contributed by atoms with Gasteiger partial charge in [-0.1, -0.05) is 19.7 Å². The van der Waals surface area contributed by atoms with Crippen molar-refractivity contribution in [1.82, 2.24) is 0 Å². The molecule has 0 aliphatic rings. The summed E-state index contributed by atoms with van der Waals surface area (Å²) in [6, 6.07) is 0. The molecule has 0 radical (unpaired) electrons. The van der Waals surface area contributed by atoms with Crippen molar-refractivity contribution in [1.29, 1.82) is 0 Å². The Morgan fingerprint density at radius 3 is 0.750 bits per heavy atom. The summed E-state index contributed by atoms with van der Waals surface area (Å²) in [5, 5.41) is 22.8. The van der Waals surface area contributed by atoms with Gasteiger partial charge in [-0.15, -0.1) is 0 Å². The van der Waals surface area contributed by atoms with Gasteiger partial charge in [-0.05, 0) is 0 Å². The van der Waals surface area contributed by atoms with E-state index in [1.54, 1.807) is 0 Å². The minimum atomic E-state index is -0.981. The maximum atomic E-state index is 9.25. The Balaban J connectivity index is -0.0000000655. The quantitative estimate of drug-likeness (QED) is 0.644. The maximum Gasteiger partial charge on any atom is 0.327 e. The van der Waals surface area contributed by atoms with Crippen molar-refractivity contribution in [3.63, 3.8) is 0 Å². The van der Waals surface area contributed by atoms with Gasteiger partial charge >= 0.3 is 17.9 Å². The van der Waals surface area contributed by atoms with Crippen molar-refractivity contribution < 1.29 is 71.5 Å². The molecular weight excluding hydrogens is 344 g/mol. The predicted octanol–water partition coefficient (Wildman–Crippen LogP) is 0.771. The Kier molecular flexibility index (Phi) is 29.7. The molecule has 0 aromatic rings. The molecule has 0 bridgehead atoms. The van der Waals surface area contributed by atoms with Crippen LogP contribution in [0.15, 0.2) is 38.0 Å². The van der Waals surface area contributed by atoms with Crippen LogP contribution in [0.4, 0.5) is 0 Å². The zero-order chi connectivity index (χ0) is 12.9. The summed E-state index contributed by atoms with van der Waals surface area (Å²) >= 11 is 0. The van der Waals surface area contributed by atoms with Crippen LogP contribution in [0, 0.1) is 41.7 Å². The van der Waals surface area contributed by atoms with Crippen LogP contribution in [-0.2, 0) is 14.4 Å². The van der Waals surface area contributed by atoms with Crippen LogP contribution >= 0.6 is 0 Å². The molecule has 0 amide bonds. The molecule has 7 heteroatoms. The number of aliphatic carboxylic acids is 3. The van der Waals surface area contributed by atoms with Crippen molar-refractivity contribution in [2.75, 3.05) is 0 Å². The Hall–Kier alpha value is -0.993. The van der Waals surface area contributed by atoms with Crippen LogP contribution in [0.2, 0.25) is 0 Å². The van der Waals surface area contributed by atoms with Gasteiger partial charge in [-0.2, -0.15) is 0 Å². The summed E-state index contributed by atoms with van der Waals surface area (Å²) in [7, 11) is 0. The first kappa shape index (κ1) is 24.3. The molecule has 0 unspecified atom stereocenters. The van der Waals surface area contributed by atoms with Crippen LogP contribution < -0.4 is 0 Å². The number of carbonyl (C=O) groups is 3. The van der Waals surface area contributed by atoms with Crippen molar-refractivity contribution >= 4 is 17.9 Å². The molecule has 0 atom stereocenters. The number of carboxylic acids is 3. The normalized spacial score (nSPS) is 6.00. The second kappa shape index (κ2) is 19.6. The molecule has 0 spiro atoms. The zero-order valence-corrected chi connectivity index (χ0v) is 11.6. The third-order valence-electron chi connectivity index (χ3n) is 0.524. The SMILES string of the molecule is C=CC(=O)O.C=CC(=O)O.C=CC(=O)O.[Ce]. The summed E-state index contributed by atoms with van der Waals surface area (Å²) in [4.78, 5) is 27.8. The van der Waals surface area contributed by atoms with Crippen LogP contribution in [-0.4, -0.2) is 33.2 Å². The minimum absolute atomic E-state index is 0. The fourth-order valence-corrected chi connectivity index (χ4v) is 0. The Bertz CT molecular complexity index is 216. The predicted molar refractivity (Wildman–Crippen MR) is 53.5 cm³/mol. The van der Waals surface area contributed by atoms with Gasteiger partial charge in [-0.25, -0.2) is 14.4 Å². The van der Waals surface area contributed by atoms with Crippen LogP contribution in [0.25, 0.3) is 0 Å². The zero-order valence-electron chi connectivity index (χ0n) is 8.42. The van der Waals surface area contributed by atoms with Gasteiger partial charge in [0.25, 0.3) is 0 Å². The maximum absolute atomic E-state index is 9.25. The summed E-state index contributed by atoms with van der Waals surface area (Å²) in [5.41, 5.74) is 0. The minimum Gasteiger partial charge on any atom is -0.478 e. The van der Waals surface area contributed by atoms with Gasteiger partial charge in [0, 0.05) is 60.0 Å². The summed E-state index contributed by atoms with van der Waals surface area (Å²) in [6.07, 6.45) is 2.50. The molecule has 16 heavy (non-hydrogen) atoms. The topological polar surface area (TPSA) is 112 Å². The summed E-state index contributed by atoms with van der Waals surface area (Å²) in [5.74, 6) is -2.94. The van der Waals surface area contributed by atoms with E-state index in [1.807, 2.05) is 0 Å². The van der Waals surface area contributed by atoms with Crippen molar-refractivity contribution in [3.8, 4) is 0 Å². The molecule has 88 valence electrons. The van der Waals surface area contributed by atoms with Crippen LogP contribution in [0.1, 0.15) is 0 Å². The van der Waals surface area contributed by atoms with E-state index in [4.69, 9.17) is 15.3 Å². The monoisotopic (exact) mass is 356 g/mol. The molecule has 0 aromatic carbocycles. The molecular formula is C9H12CeO6. The van der Waals surface area contributed by atoms with E-state index in [0.29, 0.717) is 0 Å². The molecule has 6 nitrogen and oxygen atoms in total. The molecule has 0 saturated carbocycles. The van der Waals surface area contributed by atoms with Crippen LogP contribution in [0.3, 0.4) is 0 Å². The Morgan fingerprint density at radius 2 is 0.750 bits per heavy atom. The molecule has 0 fully saturated rings. The largest absolute Gasteiger partial charge is 0.478 e. The smallest absolute Gasteiger partial charge is 0.327 e. The van der Waals surface area contributed by atoms with Crippen molar-refractivity contribution in [2.24, 2.45) is 0 Å². The van der Waals surface area contributed by atoms with Gasteiger partial charge in [0.05, 0.1) is 0 Å². The van der Waals surface area contributed by atoms with E-state index in [2.05, 4.69) is 19.7 Å².